The molecule has 0 aliphatic carbocycles. The van der Waals surface area contributed by atoms with Crippen molar-refractivity contribution in [2.24, 2.45) is 0 Å². The van der Waals surface area contributed by atoms with Crippen LogP contribution in [0.5, 0.6) is 0 Å². The molecule has 0 aromatic carbocycles. The van der Waals surface area contributed by atoms with Crippen molar-refractivity contribution >= 4 is 0 Å². The van der Waals surface area contributed by atoms with Crippen LogP contribution in [0.15, 0.2) is 0 Å². The van der Waals surface area contributed by atoms with Crippen LogP contribution in [0.25, 0.3) is 0 Å². The largest absolute Gasteiger partial charge is 0.460 e. The zero-order valence-electron chi connectivity index (χ0n) is 13.6. The van der Waals surface area contributed by atoms with E-state index >= 15 is 0 Å². The number of hydrogen-bond acceptors (Lipinski definition) is 1. The summed E-state index contributed by atoms with van der Waals surface area (Å²) in [6, 6.07) is 0. The van der Waals surface area contributed by atoms with Crippen LogP contribution in [0.1, 0.15) is 0 Å². The Hall–Kier alpha value is -1.37. The van der Waals surface area contributed by atoms with E-state index in [1.54, 1.807) is 0 Å². The van der Waals surface area contributed by atoms with E-state index < -0.39 is 67.3 Å². The third kappa shape index (κ3) is 4.57. The molecule has 20 heteroatoms. The normalized spacial score (nSPS) is 16.3. The van der Waals surface area contributed by atoms with Gasteiger partial charge in [0, 0.05) is 0 Å². The molecule has 0 heterocycles. The van der Waals surface area contributed by atoms with E-state index in [4.69, 9.17) is 0 Å². The maximum absolute atomic E-state index is 13.2. The van der Waals surface area contributed by atoms with Crippen molar-refractivity contribution in [3.8, 4) is 0 Å². The Morgan fingerprint density at radius 2 is 0.774 bits per heavy atom. The van der Waals surface area contributed by atoms with Gasteiger partial charge in [-0.05, 0) is 0 Å². The molecule has 0 radical (unpaired) electrons. The molecule has 0 bridgehead atoms. The van der Waals surface area contributed by atoms with Crippen LogP contribution in [-0.4, -0.2) is 67.3 Å². The van der Waals surface area contributed by atoms with Crippen LogP contribution in [0, 0.1) is 0 Å². The predicted molar refractivity (Wildman–Crippen MR) is 57.5 cm³/mol. The van der Waals surface area contributed by atoms with Gasteiger partial charge in [0.2, 0.25) is 0 Å². The van der Waals surface area contributed by atoms with Gasteiger partial charge in [-0.15, -0.1) is 0 Å². The first-order chi connectivity index (χ1) is 13.2. The number of halogens is 19. The Morgan fingerprint density at radius 1 is 0.452 bits per heavy atom. The molecule has 0 aliphatic rings. The molecular weight excluding hydrogens is 509 g/mol. The summed E-state index contributed by atoms with van der Waals surface area (Å²) in [5.41, 5.74) is 0. The molecule has 0 amide bonds. The van der Waals surface area contributed by atoms with Crippen LogP contribution in [0.4, 0.5) is 83.4 Å². The summed E-state index contributed by atoms with van der Waals surface area (Å²) >= 11 is 0. The Morgan fingerprint density at radius 3 is 1.10 bits per heavy atom. The standard InChI is InChI=1S/C11H5F19O/c12-3(13)4(14,15)1-31-2-5(16,17)6(18,19)7(20,21)8(22,23)9(24,25)10(26,27)11(28,29)30/h3H,1-2H2. The van der Waals surface area contributed by atoms with Crippen LogP contribution in [-0.2, 0) is 4.74 Å². The van der Waals surface area contributed by atoms with E-state index in [2.05, 4.69) is 4.74 Å². The smallest absolute Gasteiger partial charge is 0.368 e. The second-order valence-electron chi connectivity index (χ2n) is 5.63. The lowest BCUT2D eigenvalue weighted by atomic mass is 9.91. The summed E-state index contributed by atoms with van der Waals surface area (Å²) < 4.78 is 243. The van der Waals surface area contributed by atoms with Crippen molar-refractivity contribution in [2.75, 3.05) is 13.2 Å². The van der Waals surface area contributed by atoms with E-state index in [1.807, 2.05) is 0 Å². The molecular formula is C11H5F19O. The monoisotopic (exact) mass is 514 g/mol. The summed E-state index contributed by atoms with van der Waals surface area (Å²) in [6.07, 6.45) is -12.5. The molecule has 0 atom stereocenters. The number of rotatable bonds is 10. The zero-order chi connectivity index (χ0) is 25.7. The van der Waals surface area contributed by atoms with Gasteiger partial charge in [-0.3, -0.25) is 0 Å². The molecule has 188 valence electrons. The molecule has 0 N–H and O–H groups in total. The van der Waals surface area contributed by atoms with Crippen LogP contribution in [0.2, 0.25) is 0 Å². The SMILES string of the molecule is FC(F)C(F)(F)COCC(F)(F)C(F)(F)C(F)(F)C(F)(F)C(F)(F)C(F)(F)C(F)(F)F. The summed E-state index contributed by atoms with van der Waals surface area (Å²) in [5, 5.41) is 0. The second-order valence-corrected chi connectivity index (χ2v) is 5.63. The van der Waals surface area contributed by atoms with Gasteiger partial charge in [0.15, 0.2) is 0 Å². The van der Waals surface area contributed by atoms with Crippen molar-refractivity contribution in [1.29, 1.82) is 0 Å². The lowest BCUT2D eigenvalue weighted by Crippen LogP contribution is -2.73. The predicted octanol–water partition coefficient (Wildman–Crippen LogP) is 6.28. The average molecular weight is 514 g/mol. The highest BCUT2D eigenvalue weighted by Crippen LogP contribution is 2.62. The maximum Gasteiger partial charge on any atom is 0.460 e. The maximum atomic E-state index is 13.2. The summed E-state index contributed by atoms with van der Waals surface area (Å²) in [6.45, 7) is -6.50. The van der Waals surface area contributed by atoms with Gasteiger partial charge in [0.05, 0.1) is 0 Å². The van der Waals surface area contributed by atoms with Crippen molar-refractivity contribution in [3.63, 3.8) is 0 Å². The molecule has 0 fully saturated rings. The van der Waals surface area contributed by atoms with Crippen LogP contribution in [0.3, 0.4) is 0 Å². The fraction of sp³-hybridized carbons (Fsp3) is 1.00. The molecule has 31 heavy (non-hydrogen) atoms. The second kappa shape index (κ2) is 7.89. The molecule has 0 aromatic rings. The molecule has 0 rings (SSSR count). The molecule has 0 saturated carbocycles. The summed E-state index contributed by atoms with van der Waals surface area (Å²) in [7, 11) is 0. The molecule has 1 nitrogen and oxygen atoms in total. The van der Waals surface area contributed by atoms with Gasteiger partial charge < -0.3 is 4.74 Å². The Balaban J connectivity index is 6.10. The first kappa shape index (κ1) is 29.6. The quantitative estimate of drug-likeness (QED) is 0.312. The molecule has 0 aromatic heterocycles. The minimum Gasteiger partial charge on any atom is -0.368 e. The highest BCUT2D eigenvalue weighted by molar-refractivity contribution is 5.13. The van der Waals surface area contributed by atoms with Gasteiger partial charge in [0.25, 0.3) is 0 Å². The van der Waals surface area contributed by atoms with Gasteiger partial charge in [-0.2, -0.15) is 74.6 Å². The van der Waals surface area contributed by atoms with E-state index in [9.17, 15) is 83.4 Å². The topological polar surface area (TPSA) is 9.23 Å². The fourth-order valence-electron chi connectivity index (χ4n) is 1.47. The number of alkyl halides is 19. The van der Waals surface area contributed by atoms with Crippen molar-refractivity contribution < 1.29 is 88.2 Å². The Labute approximate surface area is 157 Å². The van der Waals surface area contributed by atoms with Gasteiger partial charge in [0.1, 0.15) is 13.2 Å². The van der Waals surface area contributed by atoms with E-state index in [0.29, 0.717) is 0 Å². The fourth-order valence-corrected chi connectivity index (χ4v) is 1.47. The van der Waals surface area contributed by atoms with Gasteiger partial charge in [-0.1, -0.05) is 0 Å². The van der Waals surface area contributed by atoms with Crippen molar-refractivity contribution in [3.05, 3.63) is 0 Å². The Kier molecular flexibility index (Phi) is 7.54. The first-order valence-corrected chi connectivity index (χ1v) is 6.72. The third-order valence-electron chi connectivity index (χ3n) is 3.29. The van der Waals surface area contributed by atoms with E-state index in [0.717, 1.165) is 0 Å². The lowest BCUT2D eigenvalue weighted by Gasteiger charge is -2.41. The zero-order valence-corrected chi connectivity index (χ0v) is 13.6. The number of hydrogen-bond donors (Lipinski definition) is 0. The molecule has 0 saturated heterocycles. The molecule has 0 unspecified atom stereocenters. The Bertz CT molecular complexity index is 617. The summed E-state index contributed by atoms with van der Waals surface area (Å²) in [5.74, 6) is -53.9. The van der Waals surface area contributed by atoms with Crippen molar-refractivity contribution in [2.45, 2.75) is 54.1 Å². The van der Waals surface area contributed by atoms with Crippen molar-refractivity contribution in [1.82, 2.24) is 0 Å². The third-order valence-corrected chi connectivity index (χ3v) is 3.29. The van der Waals surface area contributed by atoms with Gasteiger partial charge >= 0.3 is 54.1 Å². The highest BCUT2D eigenvalue weighted by Gasteiger charge is 2.93. The minimum atomic E-state index is -8.54. The summed E-state index contributed by atoms with van der Waals surface area (Å²) in [4.78, 5) is 0. The van der Waals surface area contributed by atoms with Gasteiger partial charge in [-0.25, -0.2) is 8.78 Å². The minimum absolute atomic E-state index is 2.87. The van der Waals surface area contributed by atoms with E-state index in [-0.39, 0.29) is 0 Å². The number of ether oxygens (including phenoxy) is 1. The van der Waals surface area contributed by atoms with Crippen LogP contribution >= 0.6 is 0 Å². The highest BCUT2D eigenvalue weighted by atomic mass is 19.4. The first-order valence-electron chi connectivity index (χ1n) is 6.72. The molecule has 0 spiro atoms. The molecule has 0 aliphatic heterocycles. The van der Waals surface area contributed by atoms with E-state index in [1.165, 1.54) is 0 Å². The average Bonchev–Trinajstić information content (AvgIpc) is 2.52. The lowest BCUT2D eigenvalue weighted by molar-refractivity contribution is -0.453. The van der Waals surface area contributed by atoms with Crippen LogP contribution < -0.4 is 0 Å².